The van der Waals surface area contributed by atoms with Crippen LogP contribution in [0.15, 0.2) is 24.3 Å². The summed E-state index contributed by atoms with van der Waals surface area (Å²) in [4.78, 5) is 11.7. The van der Waals surface area contributed by atoms with E-state index in [1.165, 1.54) is 0 Å². The minimum Gasteiger partial charge on any atom is -0.462 e. The van der Waals surface area contributed by atoms with E-state index < -0.39 is 11.5 Å². The minimum absolute atomic E-state index is 0.0760. The number of aliphatic hydroxyl groups is 1. The van der Waals surface area contributed by atoms with Gasteiger partial charge in [-0.15, -0.1) is 0 Å². The van der Waals surface area contributed by atoms with Crippen molar-refractivity contribution in [2.45, 2.75) is 32.8 Å². The lowest BCUT2D eigenvalue weighted by Gasteiger charge is -2.22. The van der Waals surface area contributed by atoms with E-state index in [4.69, 9.17) is 4.74 Å². The van der Waals surface area contributed by atoms with E-state index in [0.29, 0.717) is 6.42 Å². The van der Waals surface area contributed by atoms with Crippen molar-refractivity contribution in [2.24, 2.45) is 5.41 Å². The van der Waals surface area contributed by atoms with Gasteiger partial charge >= 0.3 is 5.97 Å². The molecule has 0 aliphatic heterocycles. The van der Waals surface area contributed by atoms with Crippen molar-refractivity contribution in [3.8, 4) is 0 Å². The molecule has 0 aromatic heterocycles. The first-order chi connectivity index (χ1) is 7.08. The molecule has 0 amide bonds. The molecule has 0 fully saturated rings. The molecule has 1 N–H and O–H groups in total. The normalized spacial score (nSPS) is 19.9. The molecule has 84 valence electrons. The van der Waals surface area contributed by atoms with Crippen molar-refractivity contribution in [2.75, 3.05) is 6.61 Å². The van der Waals surface area contributed by atoms with Crippen molar-refractivity contribution >= 4 is 5.97 Å². The molecule has 1 aliphatic rings. The van der Waals surface area contributed by atoms with Crippen molar-refractivity contribution in [1.29, 1.82) is 0 Å². The van der Waals surface area contributed by atoms with Crippen LogP contribution in [0.1, 0.15) is 26.7 Å². The lowest BCUT2D eigenvalue weighted by Crippen LogP contribution is -2.29. The summed E-state index contributed by atoms with van der Waals surface area (Å²) in [7, 11) is 0. The molecular weight excluding hydrogens is 192 g/mol. The van der Waals surface area contributed by atoms with Crippen LogP contribution in [0.2, 0.25) is 0 Å². The third-order valence-corrected chi connectivity index (χ3v) is 2.52. The van der Waals surface area contributed by atoms with Gasteiger partial charge < -0.3 is 9.84 Å². The van der Waals surface area contributed by atoms with Crippen LogP contribution in [0, 0.1) is 5.41 Å². The zero-order valence-electron chi connectivity index (χ0n) is 9.27. The van der Waals surface area contributed by atoms with Crippen LogP contribution < -0.4 is 0 Å². The number of ether oxygens (including phenoxy) is 1. The Balaban J connectivity index is 2.49. The van der Waals surface area contributed by atoms with E-state index in [9.17, 15) is 9.90 Å². The molecule has 1 rings (SSSR count). The standard InChI is InChI=1S/C12H18O3/c1-3-10(13)9-15-11(14)12(2)7-5-4-6-8-12/h5-8,10,13H,3-4,9H2,1-2H3. The number of aliphatic hydroxyl groups excluding tert-OH is 1. The van der Waals surface area contributed by atoms with Crippen LogP contribution in [0.25, 0.3) is 0 Å². The maximum absolute atomic E-state index is 11.7. The van der Waals surface area contributed by atoms with Gasteiger partial charge in [0, 0.05) is 0 Å². The number of carbonyl (C=O) groups excluding carboxylic acids is 1. The first-order valence-electron chi connectivity index (χ1n) is 5.29. The van der Waals surface area contributed by atoms with E-state index in [2.05, 4.69) is 0 Å². The second-order valence-corrected chi connectivity index (χ2v) is 3.98. The fourth-order valence-electron chi connectivity index (χ4n) is 1.34. The van der Waals surface area contributed by atoms with Gasteiger partial charge in [0.1, 0.15) is 12.0 Å². The topological polar surface area (TPSA) is 46.5 Å². The summed E-state index contributed by atoms with van der Waals surface area (Å²) in [5.41, 5.74) is -0.661. The van der Waals surface area contributed by atoms with Crippen molar-refractivity contribution in [1.82, 2.24) is 0 Å². The molecule has 0 aromatic rings. The first-order valence-corrected chi connectivity index (χ1v) is 5.29. The fourth-order valence-corrected chi connectivity index (χ4v) is 1.34. The Morgan fingerprint density at radius 3 is 2.67 bits per heavy atom. The summed E-state index contributed by atoms with van der Waals surface area (Å²) >= 11 is 0. The maximum Gasteiger partial charge on any atom is 0.319 e. The molecule has 1 atom stereocenters. The number of carbonyl (C=O) groups is 1. The van der Waals surface area contributed by atoms with E-state index >= 15 is 0 Å². The Kier molecular flexibility index (Phi) is 4.09. The van der Waals surface area contributed by atoms with Gasteiger partial charge in [0.05, 0.1) is 6.10 Å². The molecule has 1 aliphatic carbocycles. The Labute approximate surface area is 90.4 Å². The average Bonchev–Trinajstić information content (AvgIpc) is 2.26. The fraction of sp³-hybridized carbons (Fsp3) is 0.583. The third-order valence-electron chi connectivity index (χ3n) is 2.52. The average molecular weight is 210 g/mol. The van der Waals surface area contributed by atoms with E-state index in [-0.39, 0.29) is 12.6 Å². The lowest BCUT2D eigenvalue weighted by molar-refractivity contribution is -0.152. The monoisotopic (exact) mass is 210 g/mol. The Morgan fingerprint density at radius 1 is 1.53 bits per heavy atom. The molecule has 0 bridgehead atoms. The third kappa shape index (κ3) is 3.20. The molecule has 0 saturated carbocycles. The van der Waals surface area contributed by atoms with Gasteiger partial charge in [-0.1, -0.05) is 31.2 Å². The van der Waals surface area contributed by atoms with Gasteiger partial charge in [-0.3, -0.25) is 4.79 Å². The second-order valence-electron chi connectivity index (χ2n) is 3.98. The highest BCUT2D eigenvalue weighted by molar-refractivity contribution is 5.81. The van der Waals surface area contributed by atoms with Crippen LogP contribution in [0.3, 0.4) is 0 Å². The maximum atomic E-state index is 11.7. The highest BCUT2D eigenvalue weighted by Gasteiger charge is 2.30. The van der Waals surface area contributed by atoms with Gasteiger partial charge in [0.25, 0.3) is 0 Å². The van der Waals surface area contributed by atoms with E-state index in [1.807, 2.05) is 31.2 Å². The van der Waals surface area contributed by atoms with Crippen LogP contribution >= 0.6 is 0 Å². The molecule has 3 nitrogen and oxygen atoms in total. The van der Waals surface area contributed by atoms with Gasteiger partial charge in [0.15, 0.2) is 0 Å². The smallest absolute Gasteiger partial charge is 0.319 e. The Bertz CT molecular complexity index is 267. The van der Waals surface area contributed by atoms with Crippen molar-refractivity contribution in [3.63, 3.8) is 0 Å². The minimum atomic E-state index is -0.661. The van der Waals surface area contributed by atoms with Gasteiger partial charge in [-0.05, 0) is 19.8 Å². The Morgan fingerprint density at radius 2 is 2.13 bits per heavy atom. The lowest BCUT2D eigenvalue weighted by atomic mass is 9.86. The predicted octanol–water partition coefficient (Wildman–Crippen LogP) is 1.82. The molecular formula is C12H18O3. The van der Waals surface area contributed by atoms with Crippen LogP contribution in [-0.2, 0) is 9.53 Å². The number of allylic oxidation sites excluding steroid dienone is 2. The molecule has 0 spiro atoms. The molecule has 0 radical (unpaired) electrons. The number of rotatable bonds is 4. The zero-order valence-corrected chi connectivity index (χ0v) is 9.27. The van der Waals surface area contributed by atoms with Crippen LogP contribution in [0.4, 0.5) is 0 Å². The van der Waals surface area contributed by atoms with E-state index in [1.54, 1.807) is 6.92 Å². The molecule has 0 saturated heterocycles. The highest BCUT2D eigenvalue weighted by Crippen LogP contribution is 2.26. The number of hydrogen-bond donors (Lipinski definition) is 1. The number of esters is 1. The summed E-state index contributed by atoms with van der Waals surface area (Å²) in [5.74, 6) is -0.304. The number of hydrogen-bond acceptors (Lipinski definition) is 3. The zero-order chi connectivity index (χ0) is 11.3. The largest absolute Gasteiger partial charge is 0.462 e. The Hall–Kier alpha value is -1.09. The van der Waals surface area contributed by atoms with Crippen LogP contribution in [0.5, 0.6) is 0 Å². The summed E-state index contributed by atoms with van der Waals surface area (Å²) in [5, 5.41) is 9.28. The van der Waals surface area contributed by atoms with Gasteiger partial charge in [0.2, 0.25) is 0 Å². The highest BCUT2D eigenvalue weighted by atomic mass is 16.5. The summed E-state index contributed by atoms with van der Waals surface area (Å²) in [6, 6.07) is 0. The predicted molar refractivity (Wildman–Crippen MR) is 58.3 cm³/mol. The van der Waals surface area contributed by atoms with Crippen molar-refractivity contribution in [3.05, 3.63) is 24.3 Å². The quantitative estimate of drug-likeness (QED) is 0.568. The molecule has 0 aromatic carbocycles. The summed E-state index contributed by atoms with van der Waals surface area (Å²) in [6.07, 6.45) is 8.46. The van der Waals surface area contributed by atoms with Crippen LogP contribution in [-0.4, -0.2) is 23.8 Å². The molecule has 0 heterocycles. The summed E-state index contributed by atoms with van der Waals surface area (Å²) in [6.45, 7) is 3.73. The second kappa shape index (κ2) is 5.12. The van der Waals surface area contributed by atoms with Crippen molar-refractivity contribution < 1.29 is 14.6 Å². The van der Waals surface area contributed by atoms with Gasteiger partial charge in [-0.25, -0.2) is 0 Å². The first kappa shape index (κ1) is 12.0. The molecule has 15 heavy (non-hydrogen) atoms. The SMILES string of the molecule is CCC(O)COC(=O)C1(C)C=CCC=C1. The van der Waals surface area contributed by atoms with E-state index in [0.717, 1.165) is 6.42 Å². The van der Waals surface area contributed by atoms with Gasteiger partial charge in [-0.2, -0.15) is 0 Å². The molecule has 1 unspecified atom stereocenters. The summed E-state index contributed by atoms with van der Waals surface area (Å²) < 4.78 is 5.05. The molecule has 3 heteroatoms.